The molecule has 40 heavy (non-hydrogen) atoms. The van der Waals surface area contributed by atoms with Crippen LogP contribution in [0.1, 0.15) is 74.1 Å². The van der Waals surface area contributed by atoms with Gasteiger partial charge in [0.2, 0.25) is 17.7 Å². The molecule has 1 aromatic heterocycles. The van der Waals surface area contributed by atoms with Crippen LogP contribution in [0.5, 0.6) is 0 Å². The molecule has 1 aromatic rings. The van der Waals surface area contributed by atoms with E-state index in [1.54, 1.807) is 4.90 Å². The molecular formula is C30H43FN6O3. The number of halogens is 1. The van der Waals surface area contributed by atoms with Gasteiger partial charge in [-0.3, -0.25) is 14.4 Å². The van der Waals surface area contributed by atoms with Gasteiger partial charge >= 0.3 is 0 Å². The molecule has 9 nitrogen and oxygen atoms in total. The molecule has 3 N–H and O–H groups in total. The van der Waals surface area contributed by atoms with E-state index in [1.165, 1.54) is 12.1 Å². The molecule has 6 atom stereocenters. The van der Waals surface area contributed by atoms with Crippen molar-refractivity contribution in [3.63, 3.8) is 0 Å². The minimum Gasteiger partial charge on any atom is -0.358 e. The number of rotatable bonds is 7. The van der Waals surface area contributed by atoms with Crippen molar-refractivity contribution in [2.45, 2.75) is 97.8 Å². The van der Waals surface area contributed by atoms with E-state index in [0.717, 1.165) is 19.0 Å². The van der Waals surface area contributed by atoms with Crippen molar-refractivity contribution in [1.82, 2.24) is 20.5 Å². The van der Waals surface area contributed by atoms with E-state index in [0.29, 0.717) is 18.8 Å². The Balaban J connectivity index is 0.00000181. The second kappa shape index (κ2) is 10.6. The van der Waals surface area contributed by atoms with Gasteiger partial charge in [0.25, 0.3) is 0 Å². The van der Waals surface area contributed by atoms with Gasteiger partial charge < -0.3 is 20.9 Å². The number of fused-ring (bicyclic) bond motifs is 1. The fourth-order valence-corrected chi connectivity index (χ4v) is 6.57. The highest BCUT2D eigenvalue weighted by atomic mass is 19.1. The average Bonchev–Trinajstić information content (AvgIpc) is 3.62. The Morgan fingerprint density at radius 3 is 2.48 bits per heavy atom. The summed E-state index contributed by atoms with van der Waals surface area (Å²) in [5, 5.41) is 18.9. The molecule has 3 amide bonds. The smallest absolute Gasteiger partial charge is 0.246 e. The van der Waals surface area contributed by atoms with Gasteiger partial charge in [-0.15, -0.1) is 0 Å². The largest absolute Gasteiger partial charge is 0.358 e. The van der Waals surface area contributed by atoms with Crippen LogP contribution in [0.25, 0.3) is 0 Å². The van der Waals surface area contributed by atoms with E-state index in [2.05, 4.69) is 40.9 Å². The summed E-state index contributed by atoms with van der Waals surface area (Å²) in [5.74, 6) is -0.859. The van der Waals surface area contributed by atoms with Crippen LogP contribution in [0.3, 0.4) is 0 Å². The maximum Gasteiger partial charge on any atom is 0.246 e. The molecule has 0 aromatic carbocycles. The van der Waals surface area contributed by atoms with Crippen LogP contribution in [0.2, 0.25) is 0 Å². The Bertz CT molecular complexity index is 1180. The lowest BCUT2D eigenvalue weighted by Gasteiger charge is -2.38. The van der Waals surface area contributed by atoms with E-state index in [1.807, 2.05) is 34.6 Å². The Labute approximate surface area is 236 Å². The lowest BCUT2D eigenvalue weighted by atomic mass is 9.85. The van der Waals surface area contributed by atoms with Crippen LogP contribution in [0, 0.1) is 45.7 Å². The van der Waals surface area contributed by atoms with Crippen LogP contribution in [-0.2, 0) is 14.4 Å². The van der Waals surface area contributed by atoms with E-state index in [4.69, 9.17) is 0 Å². The zero-order valence-corrected chi connectivity index (χ0v) is 24.7. The van der Waals surface area contributed by atoms with Crippen LogP contribution in [0.15, 0.2) is 18.3 Å². The molecule has 0 radical (unpaired) electrons. The monoisotopic (exact) mass is 554 g/mol. The summed E-state index contributed by atoms with van der Waals surface area (Å²) in [5.41, 5.74) is -0.714. The molecule has 1 spiro atoms. The maximum atomic E-state index is 14.0. The summed E-state index contributed by atoms with van der Waals surface area (Å²) in [7, 11) is 0. The number of amides is 3. The number of piperidine rings is 1. The highest BCUT2D eigenvalue weighted by Crippen LogP contribution is 2.65. The Morgan fingerprint density at radius 2 is 1.95 bits per heavy atom. The fraction of sp³-hybridized carbons (Fsp3) is 0.700. The molecule has 4 aliphatic rings. The first kappa shape index (κ1) is 29.8. The minimum atomic E-state index is -0.815. The summed E-state index contributed by atoms with van der Waals surface area (Å²) in [4.78, 5) is 45.8. The fourth-order valence-electron chi connectivity index (χ4n) is 6.57. The van der Waals surface area contributed by atoms with Gasteiger partial charge in [0.05, 0.1) is 12.3 Å². The SMILES string of the molecule is CC.CC(C)(C)C(Nc1ccc(F)cn1)C(=O)N1CC2C(C1C(=O)NC(C#N)CC1CC3(CC3)NC1=O)C2(C)C. The highest BCUT2D eigenvalue weighted by Gasteiger charge is 2.69. The molecule has 2 saturated heterocycles. The number of anilines is 1. The predicted octanol–water partition coefficient (Wildman–Crippen LogP) is 3.62. The van der Waals surface area contributed by atoms with Gasteiger partial charge in [-0.1, -0.05) is 48.5 Å². The standard InChI is InChI=1S/C28H37FN6O3.C2H6/c1-26(2,3)22(33-19-7-6-16(29)13-31-19)25(38)35-14-18-20(27(18,4)5)21(35)24(37)32-17(12-30)10-15-11-28(8-9-28)34-23(15)36;1-2/h6-7,13,15,17-18,20-22H,8-11,14H2,1-5H3,(H,31,33)(H,32,37)(H,34,36);1-2H3. The van der Waals surface area contributed by atoms with Crippen LogP contribution in [0.4, 0.5) is 10.2 Å². The molecule has 5 rings (SSSR count). The summed E-state index contributed by atoms with van der Waals surface area (Å²) in [6.07, 6.45) is 3.98. The van der Waals surface area contributed by atoms with Crippen LogP contribution in [-0.4, -0.2) is 57.8 Å². The van der Waals surface area contributed by atoms with Crippen molar-refractivity contribution in [3.8, 4) is 6.07 Å². The molecule has 2 aliphatic heterocycles. The van der Waals surface area contributed by atoms with Crippen molar-refractivity contribution < 1.29 is 18.8 Å². The number of hydrogen-bond donors (Lipinski definition) is 3. The van der Waals surface area contributed by atoms with Gasteiger partial charge in [-0.2, -0.15) is 5.26 Å². The Morgan fingerprint density at radius 1 is 1.27 bits per heavy atom. The Kier molecular flexibility index (Phi) is 7.91. The first-order valence-corrected chi connectivity index (χ1v) is 14.5. The number of carbonyl (C=O) groups excluding carboxylic acids is 3. The molecular weight excluding hydrogens is 511 g/mol. The molecule has 4 fully saturated rings. The molecule has 6 unspecified atom stereocenters. The molecule has 10 heteroatoms. The second-order valence-electron chi connectivity index (χ2n) is 13.3. The number of hydrogen-bond acceptors (Lipinski definition) is 6. The number of nitriles is 1. The van der Waals surface area contributed by atoms with Crippen molar-refractivity contribution in [1.29, 1.82) is 5.26 Å². The summed E-state index contributed by atoms with van der Waals surface area (Å²) in [6.45, 7) is 14.4. The molecule has 3 heterocycles. The third-order valence-electron chi connectivity index (χ3n) is 9.14. The quantitative estimate of drug-likeness (QED) is 0.473. The van der Waals surface area contributed by atoms with Crippen molar-refractivity contribution in [3.05, 3.63) is 24.1 Å². The van der Waals surface area contributed by atoms with Gasteiger partial charge in [-0.25, -0.2) is 9.37 Å². The van der Waals surface area contributed by atoms with Gasteiger partial charge in [-0.05, 0) is 60.5 Å². The van der Waals surface area contributed by atoms with Gasteiger partial charge in [0.1, 0.15) is 29.8 Å². The van der Waals surface area contributed by atoms with Gasteiger partial charge in [0.15, 0.2) is 0 Å². The third-order valence-corrected chi connectivity index (χ3v) is 9.14. The number of carbonyl (C=O) groups is 3. The van der Waals surface area contributed by atoms with Crippen molar-refractivity contribution >= 4 is 23.5 Å². The summed E-state index contributed by atoms with van der Waals surface area (Å²) < 4.78 is 13.4. The number of pyridine rings is 1. The zero-order chi connectivity index (χ0) is 29.6. The zero-order valence-electron chi connectivity index (χ0n) is 24.7. The normalized spacial score (nSPS) is 28.3. The molecule has 2 aliphatic carbocycles. The van der Waals surface area contributed by atoms with E-state index in [-0.39, 0.29) is 52.8 Å². The summed E-state index contributed by atoms with van der Waals surface area (Å²) >= 11 is 0. The maximum absolute atomic E-state index is 14.0. The van der Waals surface area contributed by atoms with Crippen LogP contribution >= 0.6 is 0 Å². The second-order valence-corrected chi connectivity index (χ2v) is 13.3. The number of aromatic nitrogens is 1. The van der Waals surface area contributed by atoms with E-state index in [9.17, 15) is 24.0 Å². The lowest BCUT2D eigenvalue weighted by Crippen LogP contribution is -2.57. The lowest BCUT2D eigenvalue weighted by molar-refractivity contribution is -0.142. The van der Waals surface area contributed by atoms with E-state index >= 15 is 0 Å². The number of nitrogens with zero attached hydrogens (tertiary/aromatic N) is 3. The highest BCUT2D eigenvalue weighted by molar-refractivity contribution is 5.93. The topological polar surface area (TPSA) is 127 Å². The average molecular weight is 555 g/mol. The van der Waals surface area contributed by atoms with Crippen molar-refractivity contribution in [2.75, 3.05) is 11.9 Å². The summed E-state index contributed by atoms with van der Waals surface area (Å²) in [6, 6.07) is 2.69. The molecule has 2 saturated carbocycles. The minimum absolute atomic E-state index is 0.0140. The number of nitrogens with one attached hydrogen (secondary N) is 3. The first-order valence-electron chi connectivity index (χ1n) is 14.5. The Hall–Kier alpha value is -3.22. The predicted molar refractivity (Wildman–Crippen MR) is 149 cm³/mol. The van der Waals surface area contributed by atoms with E-state index < -0.39 is 29.4 Å². The van der Waals surface area contributed by atoms with Crippen molar-refractivity contribution in [2.24, 2.45) is 28.6 Å². The first-order chi connectivity index (χ1) is 18.8. The van der Waals surface area contributed by atoms with Crippen LogP contribution < -0.4 is 16.0 Å². The molecule has 0 bridgehead atoms. The molecule has 218 valence electrons. The van der Waals surface area contributed by atoms with Gasteiger partial charge in [0, 0.05) is 18.0 Å². The number of likely N-dealkylation sites (tertiary alicyclic amines) is 1. The third kappa shape index (κ3) is 5.65.